The van der Waals surface area contributed by atoms with Crippen LogP contribution in [0, 0.1) is 0 Å². The number of rotatable bonds is 3. The van der Waals surface area contributed by atoms with Crippen molar-refractivity contribution in [2.75, 3.05) is 14.1 Å². The van der Waals surface area contributed by atoms with E-state index in [0.717, 1.165) is 11.4 Å². The van der Waals surface area contributed by atoms with Crippen LogP contribution in [-0.4, -0.2) is 34.5 Å². The van der Waals surface area contributed by atoms with Gasteiger partial charge in [-0.05, 0) is 18.2 Å². The predicted molar refractivity (Wildman–Crippen MR) is 89.2 cm³/mol. The van der Waals surface area contributed by atoms with Gasteiger partial charge in [0.05, 0.1) is 20.3 Å². The molecule has 1 aromatic rings. The third kappa shape index (κ3) is 3.66. The van der Waals surface area contributed by atoms with Gasteiger partial charge in [0, 0.05) is 32.1 Å². The summed E-state index contributed by atoms with van der Waals surface area (Å²) in [4.78, 5) is 26.7. The molecule has 1 aliphatic heterocycles. The molecule has 1 aliphatic rings. The quantitative estimate of drug-likeness (QED) is 0.621. The molecule has 23 heavy (non-hydrogen) atoms. The van der Waals surface area contributed by atoms with E-state index >= 15 is 0 Å². The number of carbonyl (C=O) groups is 1. The lowest BCUT2D eigenvalue weighted by Crippen LogP contribution is -2.52. The van der Waals surface area contributed by atoms with Crippen molar-refractivity contribution in [1.82, 2.24) is 14.4 Å². The van der Waals surface area contributed by atoms with Crippen molar-refractivity contribution in [2.24, 2.45) is 14.1 Å². The van der Waals surface area contributed by atoms with Gasteiger partial charge in [-0.2, -0.15) is 9.36 Å². The maximum Gasteiger partial charge on any atom is 0.497 e. The smallest absolute Gasteiger partial charge is 0.304 e. The second kappa shape index (κ2) is 6.91. The first-order valence-corrected chi connectivity index (χ1v) is 7.21. The Morgan fingerprint density at radius 1 is 1.09 bits per heavy atom. The Bertz CT molecular complexity index is 784. The molecule has 0 aliphatic carbocycles. The molecule has 0 unspecified atom stereocenters. The summed E-state index contributed by atoms with van der Waals surface area (Å²) in [5.41, 5.74) is 1.56. The molecule has 2 amide bonds. The van der Waals surface area contributed by atoms with Crippen LogP contribution in [0.3, 0.4) is 0 Å². The number of hydrogen-bond donors (Lipinski definition) is 0. The summed E-state index contributed by atoms with van der Waals surface area (Å²) >= 11 is 0. The molecule has 2 rings (SSSR count). The molecule has 0 saturated heterocycles. The Morgan fingerprint density at radius 2 is 1.83 bits per heavy atom. The predicted octanol–water partition coefficient (Wildman–Crippen LogP) is 1.17. The largest absolute Gasteiger partial charge is 0.497 e. The molecule has 2 heterocycles. The van der Waals surface area contributed by atoms with Gasteiger partial charge in [-0.1, -0.05) is 18.2 Å². The Morgan fingerprint density at radius 3 is 2.57 bits per heavy atom. The monoisotopic (exact) mass is 313 g/mol. The van der Waals surface area contributed by atoms with Gasteiger partial charge in [-0.15, -0.1) is 0 Å². The van der Waals surface area contributed by atoms with E-state index in [-0.39, 0.29) is 11.7 Å². The fraction of sp³-hybridized carbons (Fsp3) is 0.235. The van der Waals surface area contributed by atoms with E-state index in [1.165, 1.54) is 9.47 Å². The number of aryl methyl sites for hydroxylation is 1. The highest BCUT2D eigenvalue weighted by atomic mass is 16.2. The first-order chi connectivity index (χ1) is 10.9. The molecule has 0 radical (unpaired) electrons. The van der Waals surface area contributed by atoms with Crippen LogP contribution < -0.4 is 10.3 Å². The molecule has 1 aromatic heterocycles. The van der Waals surface area contributed by atoms with Gasteiger partial charge in [-0.3, -0.25) is 4.90 Å². The summed E-state index contributed by atoms with van der Waals surface area (Å²) in [6.45, 7) is 0. The topological polar surface area (TPSA) is 49.4 Å². The molecule has 0 atom stereocenters. The van der Waals surface area contributed by atoms with Crippen molar-refractivity contribution in [3.63, 3.8) is 0 Å². The number of nitrogens with zero attached hydrogens (tertiary/aromatic N) is 4. The lowest BCUT2D eigenvalue weighted by Gasteiger charge is -2.27. The lowest BCUT2D eigenvalue weighted by molar-refractivity contribution is -0.692. The molecule has 0 aromatic carbocycles. The van der Waals surface area contributed by atoms with Crippen molar-refractivity contribution in [1.29, 1.82) is 0 Å². The highest BCUT2D eigenvalue weighted by molar-refractivity contribution is 5.79. The number of allylic oxidation sites excluding steroid dienone is 5. The Hall–Kier alpha value is -2.89. The van der Waals surface area contributed by atoms with Crippen molar-refractivity contribution >= 4 is 12.1 Å². The third-order valence-corrected chi connectivity index (χ3v) is 3.65. The first-order valence-electron chi connectivity index (χ1n) is 7.21. The maximum absolute atomic E-state index is 11.8. The molecular formula is C17H21N4O2+. The molecule has 0 spiro atoms. The van der Waals surface area contributed by atoms with Crippen LogP contribution in [0.1, 0.15) is 5.69 Å². The van der Waals surface area contributed by atoms with Crippen LogP contribution >= 0.6 is 0 Å². The van der Waals surface area contributed by atoms with Crippen LogP contribution in [0.2, 0.25) is 0 Å². The van der Waals surface area contributed by atoms with Gasteiger partial charge in [0.1, 0.15) is 5.69 Å². The number of carbonyl (C=O) groups excluding carboxylic acids is 1. The zero-order chi connectivity index (χ0) is 17.0. The van der Waals surface area contributed by atoms with Gasteiger partial charge in [-0.25, -0.2) is 9.36 Å². The Labute approximate surface area is 135 Å². The van der Waals surface area contributed by atoms with Crippen LogP contribution in [0.15, 0.2) is 59.3 Å². The number of likely N-dealkylation sites (N-methyl/N-ethyl adjacent to an activating group) is 1. The minimum atomic E-state index is -0.0742. The number of amides is 2. The fourth-order valence-corrected chi connectivity index (χ4v) is 2.13. The van der Waals surface area contributed by atoms with E-state index in [2.05, 4.69) is 0 Å². The van der Waals surface area contributed by atoms with Crippen molar-refractivity contribution < 1.29 is 9.36 Å². The SMILES string of the molecule is CN1C=CC(=CC=CC=Cc2ccn(C)c(=O)[n+]2C)N(C)C1=O. The molecule has 0 saturated carbocycles. The third-order valence-electron chi connectivity index (χ3n) is 3.65. The zero-order valence-electron chi connectivity index (χ0n) is 13.8. The van der Waals surface area contributed by atoms with E-state index < -0.39 is 0 Å². The van der Waals surface area contributed by atoms with E-state index in [9.17, 15) is 9.59 Å². The highest BCUT2D eigenvalue weighted by Crippen LogP contribution is 2.13. The minimum Gasteiger partial charge on any atom is -0.304 e. The van der Waals surface area contributed by atoms with Crippen LogP contribution in [0.5, 0.6) is 0 Å². The normalized spacial score (nSPS) is 17.2. The van der Waals surface area contributed by atoms with Gasteiger partial charge in [0.25, 0.3) is 0 Å². The number of urea groups is 1. The summed E-state index contributed by atoms with van der Waals surface area (Å²) in [6.07, 6.45) is 14.6. The Balaban J connectivity index is 2.09. The number of aromatic nitrogens is 2. The average molecular weight is 313 g/mol. The number of hydrogen-bond acceptors (Lipinski definition) is 2. The van der Waals surface area contributed by atoms with Gasteiger partial charge >= 0.3 is 11.7 Å². The molecule has 0 N–H and O–H groups in total. The minimum absolute atomic E-state index is 0.0742. The van der Waals surface area contributed by atoms with Crippen LogP contribution in [-0.2, 0) is 14.1 Å². The summed E-state index contributed by atoms with van der Waals surface area (Å²) in [5.74, 6) is 0. The summed E-state index contributed by atoms with van der Waals surface area (Å²) in [5, 5.41) is 0. The molecule has 6 heteroatoms. The molecule has 0 fully saturated rings. The summed E-state index contributed by atoms with van der Waals surface area (Å²) < 4.78 is 3.10. The van der Waals surface area contributed by atoms with E-state index in [1.54, 1.807) is 50.1 Å². The van der Waals surface area contributed by atoms with Crippen LogP contribution in [0.25, 0.3) is 6.08 Å². The summed E-state index contributed by atoms with van der Waals surface area (Å²) in [7, 11) is 6.90. The molecular weight excluding hydrogens is 292 g/mol. The van der Waals surface area contributed by atoms with Gasteiger partial charge in [0.2, 0.25) is 0 Å². The standard InChI is InChI=1S/C17H21N4O2/c1-18-12-10-14(20(3)16(18)22)8-6-5-7-9-15-11-13-19(2)17(23)21(15)4/h5-13H,1-4H3/q+1. The first kappa shape index (κ1) is 16.5. The second-order valence-corrected chi connectivity index (χ2v) is 5.30. The van der Waals surface area contributed by atoms with Crippen molar-refractivity contribution in [3.05, 3.63) is 70.7 Å². The van der Waals surface area contributed by atoms with E-state index in [1.807, 2.05) is 42.5 Å². The average Bonchev–Trinajstić information content (AvgIpc) is 2.54. The van der Waals surface area contributed by atoms with E-state index in [0.29, 0.717) is 0 Å². The fourth-order valence-electron chi connectivity index (χ4n) is 2.13. The molecule has 6 nitrogen and oxygen atoms in total. The maximum atomic E-state index is 11.8. The summed E-state index contributed by atoms with van der Waals surface area (Å²) in [6, 6.07) is 1.80. The van der Waals surface area contributed by atoms with Crippen molar-refractivity contribution in [2.45, 2.75) is 0 Å². The van der Waals surface area contributed by atoms with E-state index in [4.69, 9.17) is 0 Å². The molecule has 120 valence electrons. The Kier molecular flexibility index (Phi) is 4.95. The molecule has 0 bridgehead atoms. The van der Waals surface area contributed by atoms with Gasteiger partial charge in [0.15, 0.2) is 0 Å². The van der Waals surface area contributed by atoms with Crippen molar-refractivity contribution in [3.8, 4) is 0 Å². The van der Waals surface area contributed by atoms with Gasteiger partial charge < -0.3 is 4.90 Å². The highest BCUT2D eigenvalue weighted by Gasteiger charge is 2.18. The second-order valence-electron chi connectivity index (χ2n) is 5.30. The lowest BCUT2D eigenvalue weighted by atomic mass is 10.3. The van der Waals surface area contributed by atoms with Crippen LogP contribution in [0.4, 0.5) is 4.79 Å². The zero-order valence-corrected chi connectivity index (χ0v) is 13.8.